The van der Waals surface area contributed by atoms with Crippen molar-refractivity contribution in [2.45, 2.75) is 26.2 Å². The van der Waals surface area contributed by atoms with E-state index in [2.05, 4.69) is 33.9 Å². The largest absolute Gasteiger partial charge is 0.342 e. The van der Waals surface area contributed by atoms with Gasteiger partial charge in [0, 0.05) is 30.4 Å². The molecule has 3 rings (SSSR count). The molecular weight excluding hydrogens is 362 g/mol. The van der Waals surface area contributed by atoms with Gasteiger partial charge in [-0.1, -0.05) is 22.9 Å². The maximum Gasteiger partial charge on any atom is 0.223 e. The van der Waals surface area contributed by atoms with Crippen LogP contribution in [0.3, 0.4) is 0 Å². The summed E-state index contributed by atoms with van der Waals surface area (Å²) in [7, 11) is 0. The Kier molecular flexibility index (Phi) is 4.52. The first-order chi connectivity index (χ1) is 10.5. The summed E-state index contributed by atoms with van der Waals surface area (Å²) in [5.41, 5.74) is 6.89. The zero-order chi connectivity index (χ0) is 15.7. The molecule has 1 unspecified atom stereocenters. The van der Waals surface area contributed by atoms with Crippen molar-refractivity contribution in [1.82, 2.24) is 9.88 Å². The number of thiazole rings is 1. The number of carbonyl (C=O) groups excluding carboxylic acids is 1. The van der Waals surface area contributed by atoms with Gasteiger partial charge in [-0.25, -0.2) is 4.98 Å². The summed E-state index contributed by atoms with van der Waals surface area (Å²) in [5.74, 6) is 0.220. The first-order valence-corrected chi connectivity index (χ1v) is 9.13. The summed E-state index contributed by atoms with van der Waals surface area (Å²) < 4.78 is 2.20. The second kappa shape index (κ2) is 6.26. The lowest BCUT2D eigenvalue weighted by Gasteiger charge is -2.22. The van der Waals surface area contributed by atoms with Crippen LogP contribution in [-0.2, 0) is 11.2 Å². The standard InChI is InChI=1S/C16H20BrN3OS/c1-16(9-18)6-7-20(10-16)15(21)5-4-14-19-12-8-11(17)2-3-13(12)22-14/h2-3,8H,4-7,9-10,18H2,1H3. The molecule has 1 aromatic carbocycles. The van der Waals surface area contributed by atoms with Crippen molar-refractivity contribution in [3.05, 3.63) is 27.7 Å². The van der Waals surface area contributed by atoms with E-state index in [1.807, 2.05) is 17.0 Å². The van der Waals surface area contributed by atoms with Gasteiger partial charge in [0.05, 0.1) is 15.2 Å². The number of hydrogen-bond donors (Lipinski definition) is 1. The van der Waals surface area contributed by atoms with Crippen LogP contribution < -0.4 is 5.73 Å². The molecule has 0 spiro atoms. The van der Waals surface area contributed by atoms with Crippen LogP contribution in [0.25, 0.3) is 10.2 Å². The monoisotopic (exact) mass is 381 g/mol. The van der Waals surface area contributed by atoms with Crippen molar-refractivity contribution in [2.75, 3.05) is 19.6 Å². The molecule has 1 saturated heterocycles. The Hall–Kier alpha value is -0.980. The van der Waals surface area contributed by atoms with Gasteiger partial charge < -0.3 is 10.6 Å². The minimum atomic E-state index is 0.0950. The number of benzene rings is 1. The van der Waals surface area contributed by atoms with Crippen molar-refractivity contribution >= 4 is 43.4 Å². The van der Waals surface area contributed by atoms with E-state index in [1.54, 1.807) is 11.3 Å². The lowest BCUT2D eigenvalue weighted by Crippen LogP contribution is -2.34. The van der Waals surface area contributed by atoms with Crippen LogP contribution in [0, 0.1) is 5.41 Å². The van der Waals surface area contributed by atoms with Gasteiger partial charge in [-0.2, -0.15) is 0 Å². The molecule has 1 aromatic heterocycles. The molecule has 118 valence electrons. The highest BCUT2D eigenvalue weighted by molar-refractivity contribution is 9.10. The SMILES string of the molecule is CC1(CN)CCN(C(=O)CCc2nc3cc(Br)ccc3s2)C1. The molecule has 0 radical (unpaired) electrons. The molecule has 0 bridgehead atoms. The van der Waals surface area contributed by atoms with Crippen LogP contribution in [0.15, 0.2) is 22.7 Å². The van der Waals surface area contributed by atoms with E-state index in [4.69, 9.17) is 5.73 Å². The Labute approximate surface area is 142 Å². The molecule has 1 atom stereocenters. The summed E-state index contributed by atoms with van der Waals surface area (Å²) in [6.07, 6.45) is 2.25. The molecule has 0 aliphatic carbocycles. The lowest BCUT2D eigenvalue weighted by molar-refractivity contribution is -0.130. The third kappa shape index (κ3) is 3.34. The van der Waals surface area contributed by atoms with E-state index < -0.39 is 0 Å². The second-order valence-corrected chi connectivity index (χ2v) is 8.33. The minimum absolute atomic E-state index is 0.0950. The van der Waals surface area contributed by atoms with Crippen LogP contribution in [0.5, 0.6) is 0 Å². The normalized spacial score (nSPS) is 21.7. The summed E-state index contributed by atoms with van der Waals surface area (Å²) in [4.78, 5) is 18.9. The number of rotatable bonds is 4. The van der Waals surface area contributed by atoms with Gasteiger partial charge in [0.2, 0.25) is 5.91 Å². The highest BCUT2D eigenvalue weighted by Gasteiger charge is 2.34. The summed E-state index contributed by atoms with van der Waals surface area (Å²) in [6.45, 7) is 4.42. The van der Waals surface area contributed by atoms with Crippen LogP contribution in [0.2, 0.25) is 0 Å². The zero-order valence-electron chi connectivity index (χ0n) is 12.6. The number of hydrogen-bond acceptors (Lipinski definition) is 4. The maximum atomic E-state index is 12.3. The maximum absolute atomic E-state index is 12.3. The predicted molar refractivity (Wildman–Crippen MR) is 94.0 cm³/mol. The van der Waals surface area contributed by atoms with Crippen LogP contribution >= 0.6 is 27.3 Å². The van der Waals surface area contributed by atoms with Crippen LogP contribution in [0.1, 0.15) is 24.8 Å². The topological polar surface area (TPSA) is 59.2 Å². The molecule has 1 amide bonds. The Balaban J connectivity index is 1.60. The lowest BCUT2D eigenvalue weighted by atomic mass is 9.90. The zero-order valence-corrected chi connectivity index (χ0v) is 15.0. The second-order valence-electron chi connectivity index (χ2n) is 6.30. The Morgan fingerprint density at radius 1 is 1.55 bits per heavy atom. The van der Waals surface area contributed by atoms with E-state index in [0.29, 0.717) is 19.4 Å². The highest BCUT2D eigenvalue weighted by atomic mass is 79.9. The summed E-state index contributed by atoms with van der Waals surface area (Å²) in [6, 6.07) is 6.10. The average Bonchev–Trinajstić information content (AvgIpc) is 3.08. The number of halogens is 1. The minimum Gasteiger partial charge on any atom is -0.342 e. The van der Waals surface area contributed by atoms with Crippen molar-refractivity contribution in [1.29, 1.82) is 0 Å². The number of carbonyl (C=O) groups is 1. The molecule has 2 aromatic rings. The summed E-state index contributed by atoms with van der Waals surface area (Å²) >= 11 is 5.13. The third-order valence-electron chi connectivity index (χ3n) is 4.35. The number of nitrogens with two attached hydrogens (primary N) is 1. The van der Waals surface area contributed by atoms with E-state index in [9.17, 15) is 4.79 Å². The van der Waals surface area contributed by atoms with Crippen LogP contribution in [0.4, 0.5) is 0 Å². The Bertz CT molecular complexity index is 702. The molecule has 0 saturated carbocycles. The fraction of sp³-hybridized carbons (Fsp3) is 0.500. The number of likely N-dealkylation sites (tertiary alicyclic amines) is 1. The van der Waals surface area contributed by atoms with Gasteiger partial charge >= 0.3 is 0 Å². The van der Waals surface area contributed by atoms with Gasteiger partial charge in [-0.15, -0.1) is 11.3 Å². The molecule has 1 fully saturated rings. The molecule has 1 aliphatic rings. The van der Waals surface area contributed by atoms with Gasteiger partial charge in [0.1, 0.15) is 0 Å². The molecular formula is C16H20BrN3OS. The van der Waals surface area contributed by atoms with Crippen molar-refractivity contribution in [2.24, 2.45) is 11.1 Å². The molecule has 6 heteroatoms. The van der Waals surface area contributed by atoms with Crippen LogP contribution in [-0.4, -0.2) is 35.4 Å². The van der Waals surface area contributed by atoms with Crippen molar-refractivity contribution in [3.8, 4) is 0 Å². The van der Waals surface area contributed by atoms with Crippen molar-refractivity contribution in [3.63, 3.8) is 0 Å². The molecule has 2 N–H and O–H groups in total. The van der Waals surface area contributed by atoms with E-state index >= 15 is 0 Å². The quantitative estimate of drug-likeness (QED) is 0.884. The number of aryl methyl sites for hydroxylation is 1. The van der Waals surface area contributed by atoms with E-state index in [1.165, 1.54) is 4.70 Å². The van der Waals surface area contributed by atoms with Gasteiger partial charge in [0.15, 0.2) is 0 Å². The number of fused-ring (bicyclic) bond motifs is 1. The van der Waals surface area contributed by atoms with Gasteiger partial charge in [0.25, 0.3) is 0 Å². The first-order valence-electron chi connectivity index (χ1n) is 7.52. The predicted octanol–water partition coefficient (Wildman–Crippen LogP) is 3.19. The number of nitrogens with zero attached hydrogens (tertiary/aromatic N) is 2. The average molecular weight is 382 g/mol. The first kappa shape index (κ1) is 15.9. The van der Waals surface area contributed by atoms with Gasteiger partial charge in [-0.3, -0.25) is 4.79 Å². The number of aromatic nitrogens is 1. The molecule has 2 heterocycles. The fourth-order valence-corrected chi connectivity index (χ4v) is 4.13. The third-order valence-corrected chi connectivity index (χ3v) is 5.94. The smallest absolute Gasteiger partial charge is 0.223 e. The molecule has 22 heavy (non-hydrogen) atoms. The number of amides is 1. The summed E-state index contributed by atoms with van der Waals surface area (Å²) in [5, 5.41) is 1.03. The fourth-order valence-electron chi connectivity index (χ4n) is 2.83. The molecule has 1 aliphatic heterocycles. The van der Waals surface area contributed by atoms with Crippen molar-refractivity contribution < 1.29 is 4.79 Å². The van der Waals surface area contributed by atoms with E-state index in [-0.39, 0.29) is 11.3 Å². The van der Waals surface area contributed by atoms with E-state index in [0.717, 1.165) is 34.5 Å². The molecule has 4 nitrogen and oxygen atoms in total. The van der Waals surface area contributed by atoms with Gasteiger partial charge in [-0.05, 0) is 36.6 Å². The Morgan fingerprint density at radius 3 is 3.09 bits per heavy atom. The highest BCUT2D eigenvalue weighted by Crippen LogP contribution is 2.29. The Morgan fingerprint density at radius 2 is 2.36 bits per heavy atom.